The molecule has 35 heavy (non-hydrogen) atoms. The van der Waals surface area contributed by atoms with Gasteiger partial charge in [-0.15, -0.1) is 0 Å². The van der Waals surface area contributed by atoms with Crippen molar-refractivity contribution in [2.75, 3.05) is 50.5 Å². The maximum atomic E-state index is 12.2. The SMILES string of the molecule is CCS(=O)(=O)N1CCC(Nc2cc(-c3cccc(CN4CCOCC4)c3)cc3ccncc23)CC1. The Morgan fingerprint density at radius 3 is 2.60 bits per heavy atom. The van der Waals surface area contributed by atoms with Crippen LogP contribution in [0.25, 0.3) is 21.9 Å². The minimum absolute atomic E-state index is 0.161. The molecule has 1 aromatic heterocycles. The molecule has 0 saturated carbocycles. The highest BCUT2D eigenvalue weighted by atomic mass is 32.2. The molecule has 2 fully saturated rings. The first-order valence-corrected chi connectivity index (χ1v) is 14.1. The second kappa shape index (κ2) is 10.6. The van der Waals surface area contributed by atoms with E-state index in [1.54, 1.807) is 11.2 Å². The maximum absolute atomic E-state index is 12.2. The summed E-state index contributed by atoms with van der Waals surface area (Å²) in [7, 11) is -3.12. The van der Waals surface area contributed by atoms with E-state index in [4.69, 9.17) is 4.74 Å². The zero-order chi connectivity index (χ0) is 24.3. The van der Waals surface area contributed by atoms with E-state index in [1.165, 1.54) is 16.7 Å². The van der Waals surface area contributed by atoms with Gasteiger partial charge in [-0.05, 0) is 66.1 Å². The molecule has 0 unspecified atom stereocenters. The number of anilines is 1. The monoisotopic (exact) mass is 494 g/mol. The Morgan fingerprint density at radius 2 is 1.83 bits per heavy atom. The molecule has 3 aromatic rings. The molecule has 2 aliphatic rings. The fraction of sp³-hybridized carbons (Fsp3) is 0.444. The Labute approximate surface area is 208 Å². The maximum Gasteiger partial charge on any atom is 0.213 e. The molecule has 0 bridgehead atoms. The number of hydrogen-bond donors (Lipinski definition) is 1. The Bertz CT molecular complexity index is 1270. The number of aromatic nitrogens is 1. The van der Waals surface area contributed by atoms with E-state index < -0.39 is 10.0 Å². The highest BCUT2D eigenvalue weighted by molar-refractivity contribution is 7.89. The van der Waals surface area contributed by atoms with E-state index in [-0.39, 0.29) is 11.8 Å². The van der Waals surface area contributed by atoms with Crippen molar-refractivity contribution < 1.29 is 13.2 Å². The fourth-order valence-corrected chi connectivity index (χ4v) is 6.16. The van der Waals surface area contributed by atoms with Crippen LogP contribution in [0, 0.1) is 0 Å². The van der Waals surface area contributed by atoms with Crippen LogP contribution in [0.4, 0.5) is 5.69 Å². The third-order valence-corrected chi connectivity index (χ3v) is 8.98. The lowest BCUT2D eigenvalue weighted by Gasteiger charge is -2.32. The van der Waals surface area contributed by atoms with Crippen molar-refractivity contribution in [3.63, 3.8) is 0 Å². The molecular formula is C27H34N4O3S. The molecule has 2 aromatic carbocycles. The lowest BCUT2D eigenvalue weighted by molar-refractivity contribution is 0.0342. The summed E-state index contributed by atoms with van der Waals surface area (Å²) in [6.07, 6.45) is 5.33. The van der Waals surface area contributed by atoms with Crippen LogP contribution in [0.2, 0.25) is 0 Å². The number of piperidine rings is 1. The van der Waals surface area contributed by atoms with Gasteiger partial charge in [0.15, 0.2) is 0 Å². The predicted molar refractivity (Wildman–Crippen MR) is 141 cm³/mol. The van der Waals surface area contributed by atoms with E-state index in [9.17, 15) is 8.42 Å². The van der Waals surface area contributed by atoms with Crippen molar-refractivity contribution in [3.05, 3.63) is 60.4 Å². The van der Waals surface area contributed by atoms with Gasteiger partial charge in [0.25, 0.3) is 0 Å². The molecule has 0 atom stereocenters. The van der Waals surface area contributed by atoms with Gasteiger partial charge in [-0.3, -0.25) is 9.88 Å². The summed E-state index contributed by atoms with van der Waals surface area (Å²) < 4.78 is 31.6. The number of nitrogens with one attached hydrogen (secondary N) is 1. The van der Waals surface area contributed by atoms with Gasteiger partial charge in [-0.2, -0.15) is 0 Å². The van der Waals surface area contributed by atoms with Crippen molar-refractivity contribution in [1.29, 1.82) is 0 Å². The van der Waals surface area contributed by atoms with Crippen molar-refractivity contribution in [2.24, 2.45) is 0 Å². The molecule has 0 amide bonds. The number of pyridine rings is 1. The molecule has 186 valence electrons. The Balaban J connectivity index is 1.38. The highest BCUT2D eigenvalue weighted by Crippen LogP contribution is 2.32. The first-order valence-electron chi connectivity index (χ1n) is 12.5. The number of sulfonamides is 1. The van der Waals surface area contributed by atoms with Crippen molar-refractivity contribution >= 4 is 26.5 Å². The molecule has 7 nitrogen and oxygen atoms in total. The van der Waals surface area contributed by atoms with E-state index in [0.717, 1.165) is 62.1 Å². The van der Waals surface area contributed by atoms with Crippen LogP contribution >= 0.6 is 0 Å². The van der Waals surface area contributed by atoms with Gasteiger partial charge in [0.1, 0.15) is 0 Å². The Morgan fingerprint density at radius 1 is 1.03 bits per heavy atom. The molecule has 0 aliphatic carbocycles. The lowest BCUT2D eigenvalue weighted by atomic mass is 9.98. The third-order valence-electron chi connectivity index (χ3n) is 7.10. The number of ether oxygens (including phenoxy) is 1. The number of rotatable bonds is 7. The summed E-state index contributed by atoms with van der Waals surface area (Å²) >= 11 is 0. The van der Waals surface area contributed by atoms with Crippen LogP contribution in [0.1, 0.15) is 25.3 Å². The average molecular weight is 495 g/mol. The molecular weight excluding hydrogens is 460 g/mol. The Hall–Kier alpha value is -2.52. The number of hydrogen-bond acceptors (Lipinski definition) is 6. The minimum Gasteiger partial charge on any atom is -0.382 e. The summed E-state index contributed by atoms with van der Waals surface area (Å²) in [6.45, 7) is 7.31. The molecule has 2 saturated heterocycles. The van der Waals surface area contributed by atoms with E-state index in [1.807, 2.05) is 12.4 Å². The van der Waals surface area contributed by atoms with Gasteiger partial charge >= 0.3 is 0 Å². The third kappa shape index (κ3) is 5.67. The van der Waals surface area contributed by atoms with E-state index >= 15 is 0 Å². The van der Waals surface area contributed by atoms with Gasteiger partial charge < -0.3 is 10.1 Å². The molecule has 0 spiro atoms. The van der Waals surface area contributed by atoms with Crippen LogP contribution in [0.3, 0.4) is 0 Å². The molecule has 3 heterocycles. The second-order valence-corrected chi connectivity index (χ2v) is 11.7. The number of morpholine rings is 1. The van der Waals surface area contributed by atoms with E-state index in [0.29, 0.717) is 13.1 Å². The summed E-state index contributed by atoms with van der Waals surface area (Å²) in [5.74, 6) is 0.161. The fourth-order valence-electron chi connectivity index (χ4n) is 5.03. The zero-order valence-corrected chi connectivity index (χ0v) is 21.1. The summed E-state index contributed by atoms with van der Waals surface area (Å²) in [4.78, 5) is 6.80. The van der Waals surface area contributed by atoms with E-state index in [2.05, 4.69) is 57.7 Å². The van der Waals surface area contributed by atoms with Gasteiger partial charge in [-0.25, -0.2) is 12.7 Å². The van der Waals surface area contributed by atoms with Crippen LogP contribution in [-0.4, -0.2) is 73.8 Å². The van der Waals surface area contributed by atoms with Crippen LogP contribution in [0.15, 0.2) is 54.9 Å². The minimum atomic E-state index is -3.12. The van der Waals surface area contributed by atoms with Gasteiger partial charge in [-0.1, -0.05) is 18.2 Å². The van der Waals surface area contributed by atoms with Crippen molar-refractivity contribution in [3.8, 4) is 11.1 Å². The quantitative estimate of drug-likeness (QED) is 0.536. The topological polar surface area (TPSA) is 74.8 Å². The van der Waals surface area contributed by atoms with Crippen LogP contribution < -0.4 is 5.32 Å². The summed E-state index contributed by atoms with van der Waals surface area (Å²) in [5, 5.41) is 5.95. The predicted octanol–water partition coefficient (Wildman–Crippen LogP) is 3.96. The zero-order valence-electron chi connectivity index (χ0n) is 20.3. The number of nitrogens with zero attached hydrogens (tertiary/aromatic N) is 3. The van der Waals surface area contributed by atoms with Crippen molar-refractivity contribution in [2.45, 2.75) is 32.4 Å². The Kier molecular flexibility index (Phi) is 7.34. The van der Waals surface area contributed by atoms with Gasteiger partial charge in [0.05, 0.1) is 19.0 Å². The number of fused-ring (bicyclic) bond motifs is 1. The molecule has 8 heteroatoms. The molecule has 5 rings (SSSR count). The normalized spacial score (nSPS) is 18.7. The summed E-state index contributed by atoms with van der Waals surface area (Å²) in [6, 6.07) is 15.5. The first kappa shape index (κ1) is 24.2. The van der Waals surface area contributed by atoms with Crippen LogP contribution in [0.5, 0.6) is 0 Å². The smallest absolute Gasteiger partial charge is 0.213 e. The first-order chi connectivity index (χ1) is 17.0. The molecule has 2 aliphatic heterocycles. The van der Waals surface area contributed by atoms with Crippen molar-refractivity contribution in [1.82, 2.24) is 14.2 Å². The average Bonchev–Trinajstić information content (AvgIpc) is 2.90. The highest BCUT2D eigenvalue weighted by Gasteiger charge is 2.27. The van der Waals surface area contributed by atoms with Crippen LogP contribution in [-0.2, 0) is 21.3 Å². The molecule has 0 radical (unpaired) electrons. The lowest BCUT2D eigenvalue weighted by Crippen LogP contribution is -2.42. The number of benzene rings is 2. The standard InChI is InChI=1S/C27H34N4O3S/c1-2-35(32,33)31-10-7-25(8-11-31)29-27-18-24(17-23-6-9-28-19-26(23)27)22-5-3-4-21(16-22)20-30-12-14-34-15-13-30/h3-6,9,16-19,25,29H,2,7-8,10-15,20H2,1H3. The second-order valence-electron chi connectivity index (χ2n) is 9.43. The largest absolute Gasteiger partial charge is 0.382 e. The van der Waals surface area contributed by atoms with Gasteiger partial charge in [0, 0.05) is 62.2 Å². The van der Waals surface area contributed by atoms with Gasteiger partial charge in [0.2, 0.25) is 10.0 Å². The summed E-state index contributed by atoms with van der Waals surface area (Å²) in [5.41, 5.74) is 4.72. The molecule has 1 N–H and O–H groups in total.